The van der Waals surface area contributed by atoms with Gasteiger partial charge in [-0.3, -0.25) is 9.48 Å². The van der Waals surface area contributed by atoms with E-state index in [9.17, 15) is 4.79 Å². The van der Waals surface area contributed by atoms with Gasteiger partial charge in [0, 0.05) is 19.3 Å². The molecule has 0 saturated carbocycles. The summed E-state index contributed by atoms with van der Waals surface area (Å²) in [6, 6.07) is 5.70. The Labute approximate surface area is 129 Å². The minimum atomic E-state index is -0.113. The summed E-state index contributed by atoms with van der Waals surface area (Å²) >= 11 is 0. The summed E-state index contributed by atoms with van der Waals surface area (Å²) < 4.78 is 12.7. The first-order chi connectivity index (χ1) is 10.6. The van der Waals surface area contributed by atoms with E-state index in [1.807, 2.05) is 39.1 Å². The number of fused-ring (bicyclic) bond motifs is 1. The van der Waals surface area contributed by atoms with Crippen LogP contribution in [-0.4, -0.2) is 28.9 Å². The third kappa shape index (κ3) is 2.64. The van der Waals surface area contributed by atoms with Crippen molar-refractivity contribution in [2.24, 2.45) is 7.05 Å². The van der Waals surface area contributed by atoms with Gasteiger partial charge in [-0.1, -0.05) is 6.07 Å². The molecular weight excluding hydrogens is 282 g/mol. The van der Waals surface area contributed by atoms with E-state index in [1.165, 1.54) is 0 Å². The molecule has 0 bridgehead atoms. The van der Waals surface area contributed by atoms with Crippen LogP contribution < -0.4 is 14.8 Å². The van der Waals surface area contributed by atoms with Gasteiger partial charge in [0.25, 0.3) is 5.91 Å². The third-order valence-electron chi connectivity index (χ3n) is 3.80. The van der Waals surface area contributed by atoms with Gasteiger partial charge in [-0.25, -0.2) is 0 Å². The molecule has 2 aromatic rings. The van der Waals surface area contributed by atoms with Crippen molar-refractivity contribution in [2.75, 3.05) is 13.2 Å². The highest BCUT2D eigenvalue weighted by Crippen LogP contribution is 2.30. The van der Waals surface area contributed by atoms with Crippen molar-refractivity contribution in [3.05, 3.63) is 40.7 Å². The molecule has 0 unspecified atom stereocenters. The molecule has 0 spiro atoms. The molecule has 6 heteroatoms. The largest absolute Gasteiger partial charge is 0.486 e. The average molecular weight is 301 g/mol. The predicted molar refractivity (Wildman–Crippen MR) is 81.3 cm³/mol. The zero-order valence-corrected chi connectivity index (χ0v) is 13.0. The van der Waals surface area contributed by atoms with Crippen LogP contribution in [0.2, 0.25) is 0 Å². The molecule has 0 saturated heterocycles. The maximum absolute atomic E-state index is 12.3. The lowest BCUT2D eigenvalue weighted by molar-refractivity contribution is 0.0949. The lowest BCUT2D eigenvalue weighted by atomic mass is 10.1. The van der Waals surface area contributed by atoms with E-state index in [1.54, 1.807) is 4.68 Å². The fourth-order valence-corrected chi connectivity index (χ4v) is 2.57. The van der Waals surface area contributed by atoms with Crippen LogP contribution in [-0.2, 0) is 13.6 Å². The standard InChI is InChI=1S/C16H19N3O3/c1-10-15(11(2)19(3)18-10)16(20)17-9-12-4-5-13-14(8-12)22-7-6-21-13/h4-5,8H,6-7,9H2,1-3H3,(H,17,20). The smallest absolute Gasteiger partial charge is 0.255 e. The first kappa shape index (κ1) is 14.4. The molecule has 6 nitrogen and oxygen atoms in total. The summed E-state index contributed by atoms with van der Waals surface area (Å²) in [5.41, 5.74) is 3.20. The second kappa shape index (κ2) is 5.71. The van der Waals surface area contributed by atoms with Crippen molar-refractivity contribution in [1.82, 2.24) is 15.1 Å². The number of hydrogen-bond donors (Lipinski definition) is 1. The SMILES string of the molecule is Cc1nn(C)c(C)c1C(=O)NCc1ccc2c(c1)OCCO2. The number of aryl methyl sites for hydroxylation is 2. The highest BCUT2D eigenvalue weighted by Gasteiger charge is 2.17. The lowest BCUT2D eigenvalue weighted by Crippen LogP contribution is -2.24. The highest BCUT2D eigenvalue weighted by molar-refractivity contribution is 5.96. The Bertz CT molecular complexity index is 722. The van der Waals surface area contributed by atoms with E-state index in [4.69, 9.17) is 9.47 Å². The van der Waals surface area contributed by atoms with Crippen molar-refractivity contribution < 1.29 is 14.3 Å². The van der Waals surface area contributed by atoms with Gasteiger partial charge < -0.3 is 14.8 Å². The van der Waals surface area contributed by atoms with Gasteiger partial charge in [-0.15, -0.1) is 0 Å². The molecule has 1 N–H and O–H groups in total. The number of rotatable bonds is 3. The predicted octanol–water partition coefficient (Wildman–Crippen LogP) is 1.74. The van der Waals surface area contributed by atoms with Gasteiger partial charge in [0.2, 0.25) is 0 Å². The third-order valence-corrected chi connectivity index (χ3v) is 3.80. The van der Waals surface area contributed by atoms with Crippen molar-refractivity contribution >= 4 is 5.91 Å². The van der Waals surface area contributed by atoms with E-state index in [-0.39, 0.29) is 5.91 Å². The zero-order valence-electron chi connectivity index (χ0n) is 13.0. The molecule has 1 aliphatic rings. The van der Waals surface area contributed by atoms with Gasteiger partial charge >= 0.3 is 0 Å². The molecule has 1 aromatic carbocycles. The lowest BCUT2D eigenvalue weighted by Gasteiger charge is -2.19. The molecule has 3 rings (SSSR count). The Morgan fingerprint density at radius 2 is 2.00 bits per heavy atom. The Hall–Kier alpha value is -2.50. The minimum Gasteiger partial charge on any atom is -0.486 e. The molecule has 116 valence electrons. The van der Waals surface area contributed by atoms with Crippen molar-refractivity contribution in [2.45, 2.75) is 20.4 Å². The normalized spacial score (nSPS) is 13.0. The quantitative estimate of drug-likeness (QED) is 0.938. The second-order valence-electron chi connectivity index (χ2n) is 5.33. The fraction of sp³-hybridized carbons (Fsp3) is 0.375. The number of hydrogen-bond acceptors (Lipinski definition) is 4. The summed E-state index contributed by atoms with van der Waals surface area (Å²) in [5.74, 6) is 1.37. The van der Waals surface area contributed by atoms with Crippen LogP contribution in [0.3, 0.4) is 0 Å². The first-order valence-corrected chi connectivity index (χ1v) is 7.23. The summed E-state index contributed by atoms with van der Waals surface area (Å²) in [5, 5.41) is 7.19. The van der Waals surface area contributed by atoms with E-state index >= 15 is 0 Å². The molecule has 0 radical (unpaired) electrons. The first-order valence-electron chi connectivity index (χ1n) is 7.23. The number of ether oxygens (including phenoxy) is 2. The second-order valence-corrected chi connectivity index (χ2v) is 5.33. The van der Waals surface area contributed by atoms with Crippen LogP contribution in [0.4, 0.5) is 0 Å². The number of carbonyl (C=O) groups is 1. The maximum atomic E-state index is 12.3. The van der Waals surface area contributed by atoms with E-state index < -0.39 is 0 Å². The molecule has 2 heterocycles. The Morgan fingerprint density at radius 1 is 1.27 bits per heavy atom. The molecule has 0 fully saturated rings. The topological polar surface area (TPSA) is 65.4 Å². The van der Waals surface area contributed by atoms with Crippen molar-refractivity contribution in [3.63, 3.8) is 0 Å². The summed E-state index contributed by atoms with van der Waals surface area (Å²) in [6.07, 6.45) is 0. The van der Waals surface area contributed by atoms with Crippen LogP contribution in [0, 0.1) is 13.8 Å². The highest BCUT2D eigenvalue weighted by atomic mass is 16.6. The molecule has 1 aromatic heterocycles. The van der Waals surface area contributed by atoms with E-state index in [0.717, 1.165) is 28.5 Å². The van der Waals surface area contributed by atoms with Gasteiger partial charge in [0.15, 0.2) is 11.5 Å². The van der Waals surface area contributed by atoms with E-state index in [2.05, 4.69) is 10.4 Å². The number of nitrogens with zero attached hydrogens (tertiary/aromatic N) is 2. The van der Waals surface area contributed by atoms with Crippen molar-refractivity contribution in [3.8, 4) is 11.5 Å². The van der Waals surface area contributed by atoms with Crippen LogP contribution in [0.1, 0.15) is 27.3 Å². The molecular formula is C16H19N3O3. The van der Waals surface area contributed by atoms with Crippen LogP contribution in [0.25, 0.3) is 0 Å². The van der Waals surface area contributed by atoms with Crippen LogP contribution >= 0.6 is 0 Å². The number of amides is 1. The molecule has 0 aliphatic carbocycles. The van der Waals surface area contributed by atoms with Gasteiger partial charge in [0.05, 0.1) is 11.3 Å². The molecule has 1 aliphatic heterocycles. The number of aromatic nitrogens is 2. The summed E-state index contributed by atoms with van der Waals surface area (Å²) in [4.78, 5) is 12.3. The Kier molecular flexibility index (Phi) is 3.75. The number of carbonyl (C=O) groups excluding carboxylic acids is 1. The molecule has 0 atom stereocenters. The van der Waals surface area contributed by atoms with Gasteiger partial charge in [0.1, 0.15) is 13.2 Å². The molecule has 1 amide bonds. The van der Waals surface area contributed by atoms with Crippen LogP contribution in [0.5, 0.6) is 11.5 Å². The van der Waals surface area contributed by atoms with Gasteiger partial charge in [-0.2, -0.15) is 5.10 Å². The van der Waals surface area contributed by atoms with Crippen LogP contribution in [0.15, 0.2) is 18.2 Å². The summed E-state index contributed by atoms with van der Waals surface area (Å²) in [7, 11) is 1.83. The molecule has 22 heavy (non-hydrogen) atoms. The van der Waals surface area contributed by atoms with Crippen molar-refractivity contribution in [1.29, 1.82) is 0 Å². The van der Waals surface area contributed by atoms with E-state index in [0.29, 0.717) is 25.3 Å². The minimum absolute atomic E-state index is 0.113. The Balaban J connectivity index is 1.71. The number of nitrogens with one attached hydrogen (secondary N) is 1. The monoisotopic (exact) mass is 301 g/mol. The zero-order chi connectivity index (χ0) is 15.7. The Morgan fingerprint density at radius 3 is 2.68 bits per heavy atom. The number of benzene rings is 1. The average Bonchev–Trinajstić information content (AvgIpc) is 2.77. The fourth-order valence-electron chi connectivity index (χ4n) is 2.57. The van der Waals surface area contributed by atoms with Gasteiger partial charge in [-0.05, 0) is 31.5 Å². The maximum Gasteiger partial charge on any atom is 0.255 e. The summed E-state index contributed by atoms with van der Waals surface area (Å²) in [6.45, 7) is 5.29.